The van der Waals surface area contributed by atoms with Gasteiger partial charge in [0.1, 0.15) is 0 Å². The van der Waals surface area contributed by atoms with Crippen molar-refractivity contribution in [2.75, 3.05) is 12.3 Å². The maximum Gasteiger partial charge on any atom is 0.236 e. The van der Waals surface area contributed by atoms with Gasteiger partial charge in [0.2, 0.25) is 15.3 Å². The van der Waals surface area contributed by atoms with Gasteiger partial charge in [0.15, 0.2) is 0 Å². The predicted molar refractivity (Wildman–Crippen MR) is 38.3 cm³/mol. The van der Waals surface area contributed by atoms with Crippen LogP contribution < -0.4 is 4.72 Å². The monoisotopic (exact) mass is 185 g/mol. The molecule has 0 spiro atoms. The number of hydrogen-bond acceptors (Lipinski definition) is 3. The largest absolute Gasteiger partial charge is 0.280 e. The van der Waals surface area contributed by atoms with Crippen LogP contribution in [0, 0.1) is 0 Å². The first-order valence-electron chi connectivity index (χ1n) is 2.63. The minimum Gasteiger partial charge on any atom is -0.280 e. The molecule has 0 bridgehead atoms. The average Bonchev–Trinajstić information content (AvgIpc) is 1.85. The van der Waals surface area contributed by atoms with E-state index >= 15 is 0 Å². The molecular formula is C4H8ClNO3S. The molecule has 4 nitrogen and oxygen atoms in total. The minimum absolute atomic E-state index is 0.0445. The Bertz CT molecular complexity index is 211. The Morgan fingerprint density at radius 2 is 2.10 bits per heavy atom. The Labute approximate surface area is 64.6 Å². The SMILES string of the molecule is CCS(=O)(=O)NCC(=O)Cl. The predicted octanol–water partition coefficient (Wildman–Crippen LogP) is -0.309. The van der Waals surface area contributed by atoms with E-state index in [9.17, 15) is 13.2 Å². The fraction of sp³-hybridized carbons (Fsp3) is 0.750. The summed E-state index contributed by atoms with van der Waals surface area (Å²) < 4.78 is 23.2. The third-order valence-corrected chi connectivity index (χ3v) is 2.29. The van der Waals surface area contributed by atoms with Crippen molar-refractivity contribution in [1.29, 1.82) is 0 Å². The van der Waals surface area contributed by atoms with Crippen molar-refractivity contribution in [3.05, 3.63) is 0 Å². The van der Waals surface area contributed by atoms with Crippen molar-refractivity contribution in [2.45, 2.75) is 6.92 Å². The Kier molecular flexibility index (Phi) is 3.85. The molecule has 0 aliphatic carbocycles. The lowest BCUT2D eigenvalue weighted by molar-refractivity contribution is -0.110. The van der Waals surface area contributed by atoms with Crippen LogP contribution in [0.3, 0.4) is 0 Å². The van der Waals surface area contributed by atoms with E-state index in [0.29, 0.717) is 0 Å². The van der Waals surface area contributed by atoms with Crippen molar-refractivity contribution in [2.24, 2.45) is 0 Å². The molecule has 0 aliphatic rings. The van der Waals surface area contributed by atoms with Crippen molar-refractivity contribution in [1.82, 2.24) is 4.72 Å². The Morgan fingerprint density at radius 3 is 2.40 bits per heavy atom. The molecule has 0 unspecified atom stereocenters. The van der Waals surface area contributed by atoms with Crippen LogP contribution >= 0.6 is 11.6 Å². The van der Waals surface area contributed by atoms with E-state index in [1.54, 1.807) is 0 Å². The molecule has 0 aliphatic heterocycles. The van der Waals surface area contributed by atoms with E-state index in [1.807, 2.05) is 4.72 Å². The summed E-state index contributed by atoms with van der Waals surface area (Å²) in [7, 11) is -3.27. The van der Waals surface area contributed by atoms with E-state index in [-0.39, 0.29) is 12.3 Å². The van der Waals surface area contributed by atoms with Gasteiger partial charge in [-0.15, -0.1) is 0 Å². The molecule has 0 amide bonds. The summed E-state index contributed by atoms with van der Waals surface area (Å²) in [4.78, 5) is 10.0. The summed E-state index contributed by atoms with van der Waals surface area (Å²) in [6.45, 7) is 1.14. The van der Waals surface area contributed by atoms with Gasteiger partial charge in [-0.1, -0.05) is 0 Å². The summed E-state index contributed by atoms with van der Waals surface area (Å²) in [6, 6.07) is 0. The molecular weight excluding hydrogens is 178 g/mol. The third kappa shape index (κ3) is 4.72. The number of halogens is 1. The van der Waals surface area contributed by atoms with Crippen LogP contribution in [0.25, 0.3) is 0 Å². The van der Waals surface area contributed by atoms with Crippen molar-refractivity contribution in [3.8, 4) is 0 Å². The molecule has 0 heterocycles. The molecule has 0 aromatic heterocycles. The highest BCUT2D eigenvalue weighted by Crippen LogP contribution is 1.83. The Hall–Kier alpha value is -0.130. The molecule has 0 atom stereocenters. The standard InChI is InChI=1S/C4H8ClNO3S/c1-2-10(8,9)6-3-4(5)7/h6H,2-3H2,1H3. The smallest absolute Gasteiger partial charge is 0.236 e. The lowest BCUT2D eigenvalue weighted by Gasteiger charge is -1.98. The zero-order chi connectivity index (χ0) is 8.20. The fourth-order valence-corrected chi connectivity index (χ4v) is 0.970. The van der Waals surface area contributed by atoms with Crippen LogP contribution in [0.5, 0.6) is 0 Å². The maximum absolute atomic E-state index is 10.6. The number of nitrogens with one attached hydrogen (secondary N) is 1. The molecule has 1 N–H and O–H groups in total. The molecule has 0 saturated heterocycles. The van der Waals surface area contributed by atoms with Crippen LogP contribution in [0.2, 0.25) is 0 Å². The first kappa shape index (κ1) is 9.87. The molecule has 6 heteroatoms. The average molecular weight is 186 g/mol. The van der Waals surface area contributed by atoms with E-state index in [4.69, 9.17) is 11.6 Å². The van der Waals surface area contributed by atoms with Gasteiger partial charge in [0, 0.05) is 0 Å². The summed E-state index contributed by atoms with van der Waals surface area (Å²) in [5.41, 5.74) is 0. The summed E-state index contributed by atoms with van der Waals surface area (Å²) in [5.74, 6) is -0.0445. The first-order valence-corrected chi connectivity index (χ1v) is 4.66. The number of hydrogen-bond donors (Lipinski definition) is 1. The van der Waals surface area contributed by atoms with Crippen molar-refractivity contribution in [3.63, 3.8) is 0 Å². The lowest BCUT2D eigenvalue weighted by atomic mass is 10.8. The van der Waals surface area contributed by atoms with Crippen LogP contribution in [0.4, 0.5) is 0 Å². The molecule has 0 rings (SSSR count). The summed E-state index contributed by atoms with van der Waals surface area (Å²) >= 11 is 4.87. The second kappa shape index (κ2) is 3.90. The van der Waals surface area contributed by atoms with Gasteiger partial charge < -0.3 is 0 Å². The van der Waals surface area contributed by atoms with Gasteiger partial charge in [-0.3, -0.25) is 4.79 Å². The van der Waals surface area contributed by atoms with Gasteiger partial charge >= 0.3 is 0 Å². The lowest BCUT2D eigenvalue weighted by Crippen LogP contribution is -2.28. The maximum atomic E-state index is 10.6. The molecule has 0 aromatic carbocycles. The van der Waals surface area contributed by atoms with Gasteiger partial charge in [0.25, 0.3) is 0 Å². The quantitative estimate of drug-likeness (QED) is 0.612. The third-order valence-electron chi connectivity index (χ3n) is 0.811. The molecule has 0 fully saturated rings. The van der Waals surface area contributed by atoms with E-state index in [0.717, 1.165) is 0 Å². The highest BCUT2D eigenvalue weighted by Gasteiger charge is 2.06. The van der Waals surface area contributed by atoms with E-state index < -0.39 is 15.3 Å². The second-order valence-corrected chi connectivity index (χ2v) is 4.10. The Balaban J connectivity index is 3.81. The molecule has 0 aromatic rings. The Morgan fingerprint density at radius 1 is 1.60 bits per heavy atom. The first-order chi connectivity index (χ1) is 4.48. The minimum atomic E-state index is -3.27. The number of carbonyl (C=O) groups excluding carboxylic acids is 1. The van der Waals surface area contributed by atoms with Crippen LogP contribution in [0.1, 0.15) is 6.92 Å². The summed E-state index contributed by atoms with van der Waals surface area (Å²) in [5, 5.41) is -0.711. The van der Waals surface area contributed by atoms with E-state index in [2.05, 4.69) is 0 Å². The molecule has 10 heavy (non-hydrogen) atoms. The van der Waals surface area contributed by atoms with Crippen LogP contribution in [-0.4, -0.2) is 26.0 Å². The van der Waals surface area contributed by atoms with Crippen LogP contribution in [0.15, 0.2) is 0 Å². The number of carbonyl (C=O) groups is 1. The molecule has 0 saturated carbocycles. The van der Waals surface area contributed by atoms with Crippen molar-refractivity contribution >= 4 is 26.9 Å². The number of rotatable bonds is 4. The molecule has 60 valence electrons. The normalized spacial score (nSPS) is 11.4. The topological polar surface area (TPSA) is 63.2 Å². The summed E-state index contributed by atoms with van der Waals surface area (Å²) in [6.07, 6.45) is 0. The van der Waals surface area contributed by atoms with Crippen LogP contribution in [-0.2, 0) is 14.8 Å². The zero-order valence-corrected chi connectivity index (χ0v) is 7.00. The van der Waals surface area contributed by atoms with Crippen molar-refractivity contribution < 1.29 is 13.2 Å². The van der Waals surface area contributed by atoms with Gasteiger partial charge in [0.05, 0.1) is 12.3 Å². The number of sulfonamides is 1. The molecule has 0 radical (unpaired) electrons. The van der Waals surface area contributed by atoms with Gasteiger partial charge in [-0.2, -0.15) is 0 Å². The van der Waals surface area contributed by atoms with Gasteiger partial charge in [-0.05, 0) is 18.5 Å². The van der Waals surface area contributed by atoms with E-state index in [1.165, 1.54) is 6.92 Å². The highest BCUT2D eigenvalue weighted by atomic mass is 35.5. The fourth-order valence-electron chi connectivity index (χ4n) is 0.269. The highest BCUT2D eigenvalue weighted by molar-refractivity contribution is 7.89. The van der Waals surface area contributed by atoms with Gasteiger partial charge in [-0.25, -0.2) is 13.1 Å². The second-order valence-electron chi connectivity index (χ2n) is 1.58. The zero-order valence-electron chi connectivity index (χ0n) is 5.43.